The molecule has 0 aliphatic rings. The van der Waals surface area contributed by atoms with Gasteiger partial charge in [-0.2, -0.15) is 10.2 Å². The van der Waals surface area contributed by atoms with E-state index in [2.05, 4.69) is 26.8 Å². The summed E-state index contributed by atoms with van der Waals surface area (Å²) in [6, 6.07) is 1.42. The van der Waals surface area contributed by atoms with Gasteiger partial charge in [-0.05, 0) is 11.6 Å². The summed E-state index contributed by atoms with van der Waals surface area (Å²) < 4.78 is 0. The van der Waals surface area contributed by atoms with E-state index < -0.39 is 6.04 Å². The predicted molar refractivity (Wildman–Crippen MR) is 48.1 cm³/mol. The molecule has 0 saturated carbocycles. The fraction of sp³-hybridized carbons (Fsp3) is 0.143. The summed E-state index contributed by atoms with van der Waals surface area (Å²) in [6.07, 6.45) is 2.70. The largest absolute Gasteiger partial charge is 0.335 e. The minimum atomic E-state index is -0.529. The molecule has 0 spiro atoms. The van der Waals surface area contributed by atoms with Gasteiger partial charge in [-0.1, -0.05) is 12.7 Å². The molecule has 1 atom stereocenters. The first-order valence-electron chi connectivity index (χ1n) is 3.39. The Morgan fingerprint density at radius 1 is 1.69 bits per heavy atom. The Morgan fingerprint density at radius 3 is 3.00 bits per heavy atom. The molecule has 1 rings (SSSR count). The molecule has 0 aliphatic carbocycles. The van der Waals surface area contributed by atoms with Crippen LogP contribution in [0.25, 0.3) is 0 Å². The normalized spacial score (nSPS) is 11.4. The fourth-order valence-corrected chi connectivity index (χ4v) is 0.753. The highest BCUT2D eigenvalue weighted by Gasteiger charge is 2.03. The number of halogens is 1. The number of hydrogen-bond donors (Lipinski definition) is 1. The quantitative estimate of drug-likeness (QED) is 0.729. The minimum absolute atomic E-state index is 0.0817. The Balaban J connectivity index is 2.74. The minimum Gasteiger partial charge on any atom is -0.335 e. The topological polar surface area (TPSA) is 74.5 Å². The van der Waals surface area contributed by atoms with Crippen LogP contribution in [0.5, 0.6) is 0 Å². The number of aromatic nitrogens is 3. The van der Waals surface area contributed by atoms with Gasteiger partial charge >= 0.3 is 0 Å². The molecular formula is C7H6ClN5. The molecule has 1 aromatic rings. The molecule has 0 saturated heterocycles. The van der Waals surface area contributed by atoms with Crippen LogP contribution in [-0.4, -0.2) is 21.0 Å². The summed E-state index contributed by atoms with van der Waals surface area (Å²) in [5, 5.41) is 11.3. The Kier molecular flexibility index (Phi) is 3.17. The van der Waals surface area contributed by atoms with E-state index in [-0.39, 0.29) is 11.2 Å². The van der Waals surface area contributed by atoms with Crippen LogP contribution >= 0.6 is 11.6 Å². The fourth-order valence-electron chi connectivity index (χ4n) is 0.629. The number of nitrogens with one attached hydrogen (secondary N) is 1. The van der Waals surface area contributed by atoms with Gasteiger partial charge in [0.25, 0.3) is 0 Å². The van der Waals surface area contributed by atoms with Gasteiger partial charge in [0, 0.05) is 0 Å². The first kappa shape index (κ1) is 9.42. The smallest absolute Gasteiger partial charge is 0.228 e. The zero-order valence-corrected chi connectivity index (χ0v) is 7.36. The van der Waals surface area contributed by atoms with Crippen molar-refractivity contribution in [3.05, 3.63) is 24.3 Å². The predicted octanol–water partition coefficient (Wildman–Crippen LogP) is 1.02. The maximum atomic E-state index is 8.57. The molecule has 1 N–H and O–H groups in total. The van der Waals surface area contributed by atoms with Crippen LogP contribution in [-0.2, 0) is 0 Å². The SMILES string of the molecule is C=CC(C#N)Nc1ncnc(Cl)n1. The van der Waals surface area contributed by atoms with E-state index in [4.69, 9.17) is 16.9 Å². The molecule has 0 bridgehead atoms. The molecule has 0 radical (unpaired) electrons. The summed E-state index contributed by atoms with van der Waals surface area (Å²) in [7, 11) is 0. The molecule has 66 valence electrons. The van der Waals surface area contributed by atoms with Crippen molar-refractivity contribution in [2.75, 3.05) is 5.32 Å². The molecular weight excluding hydrogens is 190 g/mol. The average Bonchev–Trinajstić information content (AvgIpc) is 2.14. The van der Waals surface area contributed by atoms with Crippen LogP contribution in [0.4, 0.5) is 5.95 Å². The van der Waals surface area contributed by atoms with E-state index in [0.29, 0.717) is 0 Å². The molecule has 5 nitrogen and oxygen atoms in total. The van der Waals surface area contributed by atoms with E-state index in [1.807, 2.05) is 6.07 Å². The van der Waals surface area contributed by atoms with Gasteiger partial charge < -0.3 is 5.32 Å². The Bertz CT molecular complexity index is 345. The second-order valence-corrected chi connectivity index (χ2v) is 2.40. The lowest BCUT2D eigenvalue weighted by atomic mass is 10.3. The maximum Gasteiger partial charge on any atom is 0.228 e. The van der Waals surface area contributed by atoms with Crippen LogP contribution in [0, 0.1) is 11.3 Å². The monoisotopic (exact) mass is 195 g/mol. The van der Waals surface area contributed by atoms with Crippen molar-refractivity contribution < 1.29 is 0 Å². The second kappa shape index (κ2) is 4.38. The van der Waals surface area contributed by atoms with Crippen molar-refractivity contribution >= 4 is 17.5 Å². The van der Waals surface area contributed by atoms with Gasteiger partial charge in [-0.15, -0.1) is 0 Å². The number of hydrogen-bond acceptors (Lipinski definition) is 5. The Labute approximate surface area is 80.1 Å². The van der Waals surface area contributed by atoms with Gasteiger partial charge in [0.2, 0.25) is 11.2 Å². The zero-order chi connectivity index (χ0) is 9.68. The molecule has 0 aliphatic heterocycles. The second-order valence-electron chi connectivity index (χ2n) is 2.06. The van der Waals surface area contributed by atoms with Crippen LogP contribution < -0.4 is 5.32 Å². The van der Waals surface area contributed by atoms with Gasteiger partial charge in [0.15, 0.2) is 0 Å². The van der Waals surface area contributed by atoms with Crippen LogP contribution in [0.15, 0.2) is 19.0 Å². The molecule has 0 aromatic carbocycles. The van der Waals surface area contributed by atoms with Crippen molar-refractivity contribution in [2.24, 2.45) is 0 Å². The lowest BCUT2D eigenvalue weighted by Crippen LogP contribution is -2.15. The van der Waals surface area contributed by atoms with Crippen LogP contribution in [0.1, 0.15) is 0 Å². The highest BCUT2D eigenvalue weighted by atomic mass is 35.5. The van der Waals surface area contributed by atoms with E-state index in [1.165, 1.54) is 12.4 Å². The Morgan fingerprint density at radius 2 is 2.46 bits per heavy atom. The van der Waals surface area contributed by atoms with E-state index in [0.717, 1.165) is 0 Å². The van der Waals surface area contributed by atoms with Crippen molar-refractivity contribution in [1.29, 1.82) is 5.26 Å². The molecule has 0 fully saturated rings. The summed E-state index contributed by atoms with van der Waals surface area (Å²) in [6.45, 7) is 3.46. The summed E-state index contributed by atoms with van der Waals surface area (Å²) in [4.78, 5) is 11.1. The summed E-state index contributed by atoms with van der Waals surface area (Å²) >= 11 is 5.50. The zero-order valence-electron chi connectivity index (χ0n) is 6.61. The average molecular weight is 196 g/mol. The van der Waals surface area contributed by atoms with Crippen molar-refractivity contribution in [1.82, 2.24) is 15.0 Å². The van der Waals surface area contributed by atoms with E-state index >= 15 is 0 Å². The van der Waals surface area contributed by atoms with Crippen molar-refractivity contribution in [3.8, 4) is 6.07 Å². The molecule has 1 heterocycles. The molecule has 6 heteroatoms. The van der Waals surface area contributed by atoms with E-state index in [9.17, 15) is 0 Å². The van der Waals surface area contributed by atoms with Crippen molar-refractivity contribution in [3.63, 3.8) is 0 Å². The van der Waals surface area contributed by atoms with Crippen LogP contribution in [0.2, 0.25) is 5.28 Å². The van der Waals surface area contributed by atoms with E-state index in [1.54, 1.807) is 0 Å². The molecule has 1 unspecified atom stereocenters. The molecule has 0 amide bonds. The number of nitrogens with zero attached hydrogens (tertiary/aromatic N) is 4. The highest BCUT2D eigenvalue weighted by Crippen LogP contribution is 2.03. The summed E-state index contributed by atoms with van der Waals surface area (Å²) in [5.74, 6) is 0.256. The van der Waals surface area contributed by atoms with Gasteiger partial charge in [0.1, 0.15) is 12.4 Å². The number of nitriles is 1. The van der Waals surface area contributed by atoms with Gasteiger partial charge in [-0.3, -0.25) is 0 Å². The third kappa shape index (κ3) is 2.69. The number of rotatable bonds is 3. The Hall–Kier alpha value is -1.67. The third-order valence-electron chi connectivity index (χ3n) is 1.20. The first-order chi connectivity index (χ1) is 6.26. The standard InChI is InChI=1S/C7H6ClN5/c1-2-5(3-9)12-7-11-4-10-6(8)13-7/h2,4-5H,1H2,(H,10,11,12,13). The maximum absolute atomic E-state index is 8.57. The van der Waals surface area contributed by atoms with Crippen LogP contribution in [0.3, 0.4) is 0 Å². The van der Waals surface area contributed by atoms with Gasteiger partial charge in [0.05, 0.1) is 6.07 Å². The van der Waals surface area contributed by atoms with Gasteiger partial charge in [-0.25, -0.2) is 9.97 Å². The third-order valence-corrected chi connectivity index (χ3v) is 1.38. The first-order valence-corrected chi connectivity index (χ1v) is 3.77. The van der Waals surface area contributed by atoms with Crippen molar-refractivity contribution in [2.45, 2.75) is 6.04 Å². The lowest BCUT2D eigenvalue weighted by molar-refractivity contribution is 0.993. The lowest BCUT2D eigenvalue weighted by Gasteiger charge is -2.04. The molecule has 1 aromatic heterocycles. The molecule has 13 heavy (non-hydrogen) atoms. The highest BCUT2D eigenvalue weighted by molar-refractivity contribution is 6.28. The number of anilines is 1. The summed E-state index contributed by atoms with van der Waals surface area (Å²) in [5.41, 5.74) is 0.